The molecule has 1 fully saturated rings. The van der Waals surface area contributed by atoms with Crippen molar-refractivity contribution in [3.63, 3.8) is 0 Å². The Morgan fingerprint density at radius 1 is 1.14 bits per heavy atom. The van der Waals surface area contributed by atoms with Crippen LogP contribution in [0.1, 0.15) is 36.5 Å². The molecule has 8 nitrogen and oxygen atoms in total. The van der Waals surface area contributed by atoms with Crippen molar-refractivity contribution >= 4 is 23.3 Å². The number of pyridine rings is 1. The van der Waals surface area contributed by atoms with E-state index in [1.54, 1.807) is 29.2 Å². The molecule has 1 aliphatic rings. The molecule has 2 N–H and O–H groups in total. The van der Waals surface area contributed by atoms with Gasteiger partial charge in [-0.05, 0) is 30.7 Å². The molecule has 0 bridgehead atoms. The summed E-state index contributed by atoms with van der Waals surface area (Å²) < 4.78 is 45.4. The highest BCUT2D eigenvalue weighted by molar-refractivity contribution is 6.04. The molecule has 3 aromatic rings. The SMILES string of the molecule is CC(C)C(=O)N1CCC(Nc2ccc(NC(=O)c3nc(-c4ccccc4)oc3C(F)(F)F)cn2)C1. The van der Waals surface area contributed by atoms with E-state index in [1.807, 2.05) is 13.8 Å². The fourth-order valence-electron chi connectivity index (χ4n) is 3.77. The first kappa shape index (κ1) is 24.2. The second kappa shape index (κ2) is 9.77. The second-order valence-electron chi connectivity index (χ2n) is 8.52. The Bertz CT molecular complexity index is 1190. The van der Waals surface area contributed by atoms with Crippen LogP contribution in [0.4, 0.5) is 24.7 Å². The van der Waals surface area contributed by atoms with E-state index in [2.05, 4.69) is 20.6 Å². The van der Waals surface area contributed by atoms with Gasteiger partial charge in [0.05, 0.1) is 11.9 Å². The van der Waals surface area contributed by atoms with E-state index in [-0.39, 0.29) is 29.4 Å². The fourth-order valence-corrected chi connectivity index (χ4v) is 3.77. The van der Waals surface area contributed by atoms with Crippen LogP contribution in [0.2, 0.25) is 0 Å². The molecule has 0 radical (unpaired) electrons. The van der Waals surface area contributed by atoms with Gasteiger partial charge in [-0.1, -0.05) is 32.0 Å². The van der Waals surface area contributed by atoms with Crippen molar-refractivity contribution < 1.29 is 27.2 Å². The van der Waals surface area contributed by atoms with Gasteiger partial charge in [-0.3, -0.25) is 9.59 Å². The Kier molecular flexibility index (Phi) is 6.77. The summed E-state index contributed by atoms with van der Waals surface area (Å²) in [7, 11) is 0. The van der Waals surface area contributed by atoms with Crippen LogP contribution < -0.4 is 10.6 Å². The Labute approximate surface area is 199 Å². The number of halogens is 3. The highest BCUT2D eigenvalue weighted by Gasteiger charge is 2.42. The molecule has 2 aromatic heterocycles. The molecule has 1 unspecified atom stereocenters. The Morgan fingerprint density at radius 2 is 1.89 bits per heavy atom. The number of benzene rings is 1. The molecule has 0 aliphatic carbocycles. The first-order valence-electron chi connectivity index (χ1n) is 11.1. The lowest BCUT2D eigenvalue weighted by molar-refractivity contribution is -0.153. The number of aromatic nitrogens is 2. The van der Waals surface area contributed by atoms with Crippen LogP contribution in [0, 0.1) is 5.92 Å². The number of alkyl halides is 3. The van der Waals surface area contributed by atoms with Gasteiger partial charge < -0.3 is 20.0 Å². The molecular formula is C24H24F3N5O3. The number of hydrogen-bond donors (Lipinski definition) is 2. The molecule has 0 spiro atoms. The molecule has 1 atom stereocenters. The van der Waals surface area contributed by atoms with E-state index < -0.39 is 23.5 Å². The fraction of sp³-hybridized carbons (Fsp3) is 0.333. The highest BCUT2D eigenvalue weighted by Crippen LogP contribution is 2.35. The van der Waals surface area contributed by atoms with Gasteiger partial charge in [-0.2, -0.15) is 13.2 Å². The zero-order valence-corrected chi connectivity index (χ0v) is 19.1. The zero-order chi connectivity index (χ0) is 25.2. The van der Waals surface area contributed by atoms with E-state index >= 15 is 0 Å². The molecule has 0 saturated carbocycles. The lowest BCUT2D eigenvalue weighted by atomic mass is 10.2. The molecule has 1 saturated heterocycles. The van der Waals surface area contributed by atoms with Crippen molar-refractivity contribution in [2.45, 2.75) is 32.5 Å². The van der Waals surface area contributed by atoms with Gasteiger partial charge in [0.25, 0.3) is 5.91 Å². The first-order chi connectivity index (χ1) is 16.6. The number of carbonyl (C=O) groups is 2. The summed E-state index contributed by atoms with van der Waals surface area (Å²) in [5.41, 5.74) is -0.352. The van der Waals surface area contributed by atoms with E-state index in [0.29, 0.717) is 24.5 Å². The highest BCUT2D eigenvalue weighted by atomic mass is 19.4. The minimum atomic E-state index is -4.90. The summed E-state index contributed by atoms with van der Waals surface area (Å²) in [4.78, 5) is 34.6. The standard InChI is InChI=1S/C24H24F3N5O3/c1-14(2)23(34)32-11-10-17(13-32)29-18-9-8-16(12-28-18)30-21(33)19-20(24(25,26)27)35-22(31-19)15-6-4-3-5-7-15/h3-9,12,14,17H,10-11,13H2,1-2H3,(H,28,29)(H,30,33). The number of oxazole rings is 1. The summed E-state index contributed by atoms with van der Waals surface area (Å²) in [6.45, 7) is 4.94. The van der Waals surface area contributed by atoms with Crippen LogP contribution in [0.5, 0.6) is 0 Å². The number of nitrogens with one attached hydrogen (secondary N) is 2. The topological polar surface area (TPSA) is 100 Å². The Balaban J connectivity index is 1.43. The summed E-state index contributed by atoms with van der Waals surface area (Å²) >= 11 is 0. The minimum Gasteiger partial charge on any atom is -0.431 e. The van der Waals surface area contributed by atoms with Crippen molar-refractivity contribution in [1.29, 1.82) is 0 Å². The maximum Gasteiger partial charge on any atom is 0.452 e. The third kappa shape index (κ3) is 5.61. The molecule has 184 valence electrons. The van der Waals surface area contributed by atoms with E-state index in [4.69, 9.17) is 4.42 Å². The molecule has 4 rings (SSSR count). The smallest absolute Gasteiger partial charge is 0.431 e. The summed E-state index contributed by atoms with van der Waals surface area (Å²) in [5.74, 6) is -2.29. The minimum absolute atomic E-state index is 0.0338. The lowest BCUT2D eigenvalue weighted by Crippen LogP contribution is -2.34. The number of carbonyl (C=O) groups excluding carboxylic acids is 2. The van der Waals surface area contributed by atoms with Crippen molar-refractivity contribution in [1.82, 2.24) is 14.9 Å². The molecule has 11 heteroatoms. The summed E-state index contributed by atoms with van der Waals surface area (Å²) in [6, 6.07) is 11.2. The van der Waals surface area contributed by atoms with Crippen LogP contribution >= 0.6 is 0 Å². The van der Waals surface area contributed by atoms with Crippen molar-refractivity contribution in [3.8, 4) is 11.5 Å². The predicted octanol–water partition coefficient (Wildman–Crippen LogP) is 4.68. The third-order valence-corrected chi connectivity index (χ3v) is 5.49. The number of rotatable bonds is 6. The van der Waals surface area contributed by atoms with E-state index in [0.717, 1.165) is 6.42 Å². The third-order valence-electron chi connectivity index (χ3n) is 5.49. The average molecular weight is 487 g/mol. The maximum atomic E-state index is 13.5. The van der Waals surface area contributed by atoms with E-state index in [9.17, 15) is 22.8 Å². The van der Waals surface area contributed by atoms with Crippen molar-refractivity contribution in [3.05, 3.63) is 60.1 Å². The van der Waals surface area contributed by atoms with E-state index in [1.165, 1.54) is 24.4 Å². The molecular weight excluding hydrogens is 463 g/mol. The predicted molar refractivity (Wildman–Crippen MR) is 123 cm³/mol. The number of likely N-dealkylation sites (tertiary alicyclic amines) is 1. The van der Waals surface area contributed by atoms with Crippen LogP contribution in [0.15, 0.2) is 53.1 Å². The molecule has 35 heavy (non-hydrogen) atoms. The van der Waals surface area contributed by atoms with Gasteiger partial charge in [0.15, 0.2) is 5.69 Å². The molecule has 1 aliphatic heterocycles. The van der Waals surface area contributed by atoms with Gasteiger partial charge in [-0.25, -0.2) is 9.97 Å². The molecule has 3 heterocycles. The van der Waals surface area contributed by atoms with Crippen molar-refractivity contribution in [2.75, 3.05) is 23.7 Å². The van der Waals surface area contributed by atoms with Gasteiger partial charge in [-0.15, -0.1) is 0 Å². The number of nitrogens with zero attached hydrogens (tertiary/aromatic N) is 3. The monoisotopic (exact) mass is 487 g/mol. The van der Waals surface area contributed by atoms with Crippen molar-refractivity contribution in [2.24, 2.45) is 5.92 Å². The largest absolute Gasteiger partial charge is 0.452 e. The Hall–Kier alpha value is -3.89. The quantitative estimate of drug-likeness (QED) is 0.524. The van der Waals surface area contributed by atoms with Crippen LogP contribution in [0.25, 0.3) is 11.5 Å². The molecule has 1 aromatic carbocycles. The van der Waals surface area contributed by atoms with Crippen LogP contribution in [-0.4, -0.2) is 45.8 Å². The lowest BCUT2D eigenvalue weighted by Gasteiger charge is -2.19. The average Bonchev–Trinajstić information content (AvgIpc) is 3.48. The van der Waals surface area contributed by atoms with Gasteiger partial charge in [0.2, 0.25) is 17.6 Å². The number of hydrogen-bond acceptors (Lipinski definition) is 6. The van der Waals surface area contributed by atoms with Gasteiger partial charge in [0.1, 0.15) is 5.82 Å². The van der Waals surface area contributed by atoms with Gasteiger partial charge >= 0.3 is 6.18 Å². The van der Waals surface area contributed by atoms with Gasteiger partial charge in [0, 0.05) is 30.6 Å². The number of anilines is 2. The summed E-state index contributed by atoms with van der Waals surface area (Å²) in [5, 5.41) is 5.62. The molecule has 2 amide bonds. The normalized spacial score (nSPS) is 15.9. The second-order valence-corrected chi connectivity index (χ2v) is 8.52. The number of amides is 2. The first-order valence-corrected chi connectivity index (χ1v) is 11.1. The van der Waals surface area contributed by atoms with Crippen LogP contribution in [-0.2, 0) is 11.0 Å². The van der Waals surface area contributed by atoms with Crippen LogP contribution in [0.3, 0.4) is 0 Å². The zero-order valence-electron chi connectivity index (χ0n) is 19.1. The Morgan fingerprint density at radius 3 is 2.51 bits per heavy atom. The summed E-state index contributed by atoms with van der Waals surface area (Å²) in [6.07, 6.45) is -2.79. The maximum absolute atomic E-state index is 13.5.